The van der Waals surface area contributed by atoms with Gasteiger partial charge in [-0.2, -0.15) is 10.4 Å². The summed E-state index contributed by atoms with van der Waals surface area (Å²) >= 11 is 6.20. The van der Waals surface area contributed by atoms with Crippen LogP contribution >= 0.6 is 11.6 Å². The van der Waals surface area contributed by atoms with Crippen molar-refractivity contribution in [3.63, 3.8) is 0 Å². The number of hydrogen-bond acceptors (Lipinski definition) is 5. The van der Waals surface area contributed by atoms with Crippen molar-refractivity contribution >= 4 is 11.6 Å². The number of benzene rings is 2. The van der Waals surface area contributed by atoms with Crippen LogP contribution in [0.3, 0.4) is 0 Å². The first-order chi connectivity index (χ1) is 14.6. The fourth-order valence-electron chi connectivity index (χ4n) is 3.49. The van der Waals surface area contributed by atoms with E-state index in [-0.39, 0.29) is 6.61 Å². The van der Waals surface area contributed by atoms with Gasteiger partial charge in [0.05, 0.1) is 28.6 Å². The van der Waals surface area contributed by atoms with Crippen LogP contribution in [0.25, 0.3) is 5.69 Å². The maximum absolute atomic E-state index is 10.5. The van der Waals surface area contributed by atoms with Crippen molar-refractivity contribution < 1.29 is 10.2 Å². The van der Waals surface area contributed by atoms with Crippen LogP contribution in [0.5, 0.6) is 0 Å². The summed E-state index contributed by atoms with van der Waals surface area (Å²) in [5, 5.41) is 37.2. The Balaban J connectivity index is 1.88. The van der Waals surface area contributed by atoms with Crippen LogP contribution in [0, 0.1) is 25.2 Å². The Labute approximate surface area is 187 Å². The second-order valence-electron chi connectivity index (χ2n) is 8.35. The predicted molar refractivity (Wildman–Crippen MR) is 121 cm³/mol. The summed E-state index contributed by atoms with van der Waals surface area (Å²) in [6, 6.07) is 15.1. The molecule has 0 bridgehead atoms. The first-order valence-corrected chi connectivity index (χ1v) is 10.4. The van der Waals surface area contributed by atoms with Gasteiger partial charge in [0.25, 0.3) is 0 Å². The molecule has 0 aliphatic rings. The molecule has 3 rings (SSSR count). The van der Waals surface area contributed by atoms with E-state index in [9.17, 15) is 10.2 Å². The first-order valence-electron chi connectivity index (χ1n) is 10.1. The topological polar surface area (TPSA) is 94.1 Å². The van der Waals surface area contributed by atoms with Gasteiger partial charge < -0.3 is 10.2 Å². The van der Waals surface area contributed by atoms with Crippen molar-refractivity contribution in [2.45, 2.75) is 45.9 Å². The van der Waals surface area contributed by atoms with Crippen molar-refractivity contribution in [1.29, 1.82) is 5.26 Å². The number of aryl methyl sites for hydroxylation is 1. The number of nitriles is 1. The van der Waals surface area contributed by atoms with Gasteiger partial charge in [0.1, 0.15) is 12.3 Å². The molecule has 0 aliphatic carbocycles. The molecule has 0 fully saturated rings. The third kappa shape index (κ3) is 5.15. The van der Waals surface area contributed by atoms with Gasteiger partial charge in [-0.3, -0.25) is 5.32 Å². The van der Waals surface area contributed by atoms with E-state index < -0.39 is 11.8 Å². The van der Waals surface area contributed by atoms with E-state index in [1.165, 1.54) is 0 Å². The molecule has 0 aliphatic heterocycles. The second-order valence-corrected chi connectivity index (χ2v) is 8.76. The highest BCUT2D eigenvalue weighted by Gasteiger charge is 2.21. The zero-order valence-electron chi connectivity index (χ0n) is 18.1. The molecule has 0 spiro atoms. The molecule has 0 radical (unpaired) electrons. The van der Waals surface area contributed by atoms with E-state index in [0.717, 1.165) is 33.8 Å². The quantitative estimate of drug-likeness (QED) is 0.485. The zero-order chi connectivity index (χ0) is 22.8. The molecule has 0 amide bonds. The number of aromatic nitrogens is 2. The fraction of sp³-hybridized carbons (Fsp3) is 0.333. The largest absolute Gasteiger partial charge is 0.394 e. The third-order valence-corrected chi connectivity index (χ3v) is 5.64. The minimum Gasteiger partial charge on any atom is -0.394 e. The van der Waals surface area contributed by atoms with E-state index in [4.69, 9.17) is 16.9 Å². The highest BCUT2D eigenvalue weighted by molar-refractivity contribution is 6.31. The van der Waals surface area contributed by atoms with Crippen LogP contribution in [-0.4, -0.2) is 32.1 Å². The van der Waals surface area contributed by atoms with E-state index in [0.29, 0.717) is 17.0 Å². The smallest absolute Gasteiger partial charge is 0.131 e. The van der Waals surface area contributed by atoms with Crippen molar-refractivity contribution in [3.8, 4) is 11.8 Å². The van der Waals surface area contributed by atoms with Crippen molar-refractivity contribution in [3.05, 3.63) is 81.1 Å². The van der Waals surface area contributed by atoms with Crippen LogP contribution in [-0.2, 0) is 6.42 Å². The normalized spacial score (nSPS) is 12.6. The molecule has 3 aromatic rings. The molecule has 1 atom stereocenters. The second kappa shape index (κ2) is 9.21. The molecule has 1 heterocycles. The SMILES string of the molecule is Cc1nn(-c2ccc(C#N)c(Cl)c2)c(C)c1Cc1cccc(C(O)NC(C)(C)CO)c1. The summed E-state index contributed by atoms with van der Waals surface area (Å²) in [6.07, 6.45) is -0.223. The summed E-state index contributed by atoms with van der Waals surface area (Å²) in [6.45, 7) is 7.55. The molecule has 31 heavy (non-hydrogen) atoms. The highest BCUT2D eigenvalue weighted by Crippen LogP contribution is 2.25. The molecular formula is C24H27ClN4O2. The lowest BCUT2D eigenvalue weighted by molar-refractivity contribution is 0.0738. The van der Waals surface area contributed by atoms with Crippen LogP contribution < -0.4 is 5.32 Å². The Morgan fingerprint density at radius 3 is 2.61 bits per heavy atom. The summed E-state index contributed by atoms with van der Waals surface area (Å²) in [5.41, 5.74) is 5.41. The molecule has 6 nitrogen and oxygen atoms in total. The standard InChI is InChI=1S/C24H27ClN4O2/c1-15-21(16(2)29(28-15)20-9-8-19(13-26)22(25)12-20)11-17-6-5-7-18(10-17)23(31)27-24(3,4)14-30/h5-10,12,23,27,30-31H,11,14H2,1-4H3. The van der Waals surface area contributed by atoms with Gasteiger partial charge in [-0.1, -0.05) is 35.9 Å². The van der Waals surface area contributed by atoms with Crippen LogP contribution in [0.15, 0.2) is 42.5 Å². The van der Waals surface area contributed by atoms with E-state index in [2.05, 4.69) is 16.5 Å². The van der Waals surface area contributed by atoms with Gasteiger partial charge in [0.2, 0.25) is 0 Å². The van der Waals surface area contributed by atoms with E-state index in [1.54, 1.807) is 12.1 Å². The van der Waals surface area contributed by atoms with Gasteiger partial charge in [-0.05, 0) is 57.0 Å². The van der Waals surface area contributed by atoms with Crippen LogP contribution in [0.4, 0.5) is 0 Å². The number of hydrogen-bond donors (Lipinski definition) is 3. The summed E-state index contributed by atoms with van der Waals surface area (Å²) < 4.78 is 1.84. The Morgan fingerprint density at radius 2 is 1.97 bits per heavy atom. The Hall–Kier alpha value is -2.69. The molecule has 3 N–H and O–H groups in total. The van der Waals surface area contributed by atoms with Crippen molar-refractivity contribution in [2.75, 3.05) is 6.61 Å². The number of nitrogens with one attached hydrogen (secondary N) is 1. The molecule has 162 valence electrons. The number of aliphatic hydroxyl groups excluding tert-OH is 2. The van der Waals surface area contributed by atoms with Crippen molar-refractivity contribution in [2.24, 2.45) is 0 Å². The number of rotatable bonds is 7. The summed E-state index contributed by atoms with van der Waals surface area (Å²) in [7, 11) is 0. The summed E-state index contributed by atoms with van der Waals surface area (Å²) in [5.74, 6) is 0. The van der Waals surface area contributed by atoms with Gasteiger partial charge >= 0.3 is 0 Å². The van der Waals surface area contributed by atoms with Crippen LogP contribution in [0.1, 0.15) is 53.7 Å². The van der Waals surface area contributed by atoms with Gasteiger partial charge in [-0.25, -0.2) is 4.68 Å². The monoisotopic (exact) mass is 438 g/mol. The molecule has 0 saturated carbocycles. The lowest BCUT2D eigenvalue weighted by atomic mass is 10.00. The molecule has 7 heteroatoms. The lowest BCUT2D eigenvalue weighted by Gasteiger charge is -2.27. The van der Waals surface area contributed by atoms with Crippen LogP contribution in [0.2, 0.25) is 5.02 Å². The van der Waals surface area contributed by atoms with Crippen molar-refractivity contribution in [1.82, 2.24) is 15.1 Å². The number of nitrogens with zero attached hydrogens (tertiary/aromatic N) is 3. The average Bonchev–Trinajstić information content (AvgIpc) is 3.02. The highest BCUT2D eigenvalue weighted by atomic mass is 35.5. The fourth-order valence-corrected chi connectivity index (χ4v) is 3.70. The van der Waals surface area contributed by atoms with Gasteiger partial charge in [-0.15, -0.1) is 0 Å². The maximum Gasteiger partial charge on any atom is 0.131 e. The Morgan fingerprint density at radius 1 is 1.23 bits per heavy atom. The van der Waals surface area contributed by atoms with E-state index >= 15 is 0 Å². The minimum absolute atomic E-state index is 0.0827. The Bertz CT molecular complexity index is 1130. The molecule has 1 unspecified atom stereocenters. The summed E-state index contributed by atoms with van der Waals surface area (Å²) in [4.78, 5) is 0. The minimum atomic E-state index is -0.882. The maximum atomic E-state index is 10.5. The van der Waals surface area contributed by atoms with Gasteiger partial charge in [0, 0.05) is 23.2 Å². The average molecular weight is 439 g/mol. The number of aliphatic hydroxyl groups is 2. The first kappa shape index (κ1) is 23.0. The zero-order valence-corrected chi connectivity index (χ0v) is 18.9. The number of halogens is 1. The predicted octanol–water partition coefficient (Wildman–Crippen LogP) is 3.96. The molecule has 1 aromatic heterocycles. The third-order valence-electron chi connectivity index (χ3n) is 5.33. The Kier molecular flexibility index (Phi) is 6.83. The lowest BCUT2D eigenvalue weighted by Crippen LogP contribution is -2.44. The molecule has 0 saturated heterocycles. The van der Waals surface area contributed by atoms with E-state index in [1.807, 2.05) is 62.7 Å². The molecular weight excluding hydrogens is 412 g/mol. The van der Waals surface area contributed by atoms with Gasteiger partial charge in [0.15, 0.2) is 0 Å². The molecule has 2 aromatic carbocycles.